The van der Waals surface area contributed by atoms with Crippen LogP contribution in [0.3, 0.4) is 0 Å². The van der Waals surface area contributed by atoms with Gasteiger partial charge in [0.1, 0.15) is 23.9 Å². The molecule has 0 bridgehead atoms. The van der Waals surface area contributed by atoms with Gasteiger partial charge in [0, 0.05) is 30.7 Å². The van der Waals surface area contributed by atoms with Gasteiger partial charge in [0.05, 0.1) is 11.1 Å². The number of aromatic nitrogens is 4. The van der Waals surface area contributed by atoms with Gasteiger partial charge in [0.2, 0.25) is 5.91 Å². The van der Waals surface area contributed by atoms with Gasteiger partial charge in [-0.15, -0.1) is 0 Å². The van der Waals surface area contributed by atoms with E-state index in [4.69, 9.17) is 9.47 Å². The maximum absolute atomic E-state index is 13.0. The third-order valence-corrected chi connectivity index (χ3v) is 6.36. The van der Waals surface area contributed by atoms with Gasteiger partial charge >= 0.3 is 0 Å². The number of nitro groups is 1. The van der Waals surface area contributed by atoms with Crippen molar-refractivity contribution in [1.29, 1.82) is 0 Å². The number of nitrogens with one attached hydrogen (secondary N) is 1. The predicted octanol–water partition coefficient (Wildman–Crippen LogP) is 3.17. The number of benzene rings is 2. The van der Waals surface area contributed by atoms with Crippen molar-refractivity contribution in [2.75, 3.05) is 5.32 Å². The molecule has 0 atom stereocenters. The van der Waals surface area contributed by atoms with E-state index in [0.717, 1.165) is 30.3 Å². The minimum absolute atomic E-state index is 0.133. The lowest BCUT2D eigenvalue weighted by Gasteiger charge is -2.21. The summed E-state index contributed by atoms with van der Waals surface area (Å²) in [4.78, 5) is 40.8. The van der Waals surface area contributed by atoms with Crippen LogP contribution in [-0.2, 0) is 11.3 Å². The highest BCUT2D eigenvalue weighted by Gasteiger charge is 2.44. The van der Waals surface area contributed by atoms with Crippen molar-refractivity contribution >= 4 is 28.3 Å². The van der Waals surface area contributed by atoms with Crippen molar-refractivity contribution < 1.29 is 19.2 Å². The molecule has 1 spiro atoms. The van der Waals surface area contributed by atoms with Crippen molar-refractivity contribution in [3.63, 3.8) is 0 Å². The summed E-state index contributed by atoms with van der Waals surface area (Å²) in [6.07, 6.45) is 6.26. The largest absolute Gasteiger partial charge is 0.448 e. The molecule has 1 aliphatic carbocycles. The summed E-state index contributed by atoms with van der Waals surface area (Å²) in [6, 6.07) is 11.2. The van der Waals surface area contributed by atoms with Crippen LogP contribution in [0.5, 0.6) is 11.5 Å². The Morgan fingerprint density at radius 1 is 1.14 bits per heavy atom. The Morgan fingerprint density at radius 3 is 2.72 bits per heavy atom. The number of ether oxygens (including phenoxy) is 2. The maximum atomic E-state index is 13.0. The highest BCUT2D eigenvalue weighted by Crippen LogP contribution is 2.47. The van der Waals surface area contributed by atoms with Gasteiger partial charge in [-0.1, -0.05) is 12.1 Å². The molecule has 4 aromatic rings. The average Bonchev–Trinajstić information content (AvgIpc) is 3.59. The van der Waals surface area contributed by atoms with E-state index in [9.17, 15) is 19.7 Å². The molecule has 1 saturated carbocycles. The van der Waals surface area contributed by atoms with Gasteiger partial charge in [-0.05, 0) is 31.0 Å². The van der Waals surface area contributed by atoms with Gasteiger partial charge in [0.25, 0.3) is 17.0 Å². The Hall–Kier alpha value is -4.74. The average molecular weight is 488 g/mol. The molecule has 6 rings (SSSR count). The standard InChI is InChI=1S/C24H20N6O6/c31-21(27-15-7-8-19-20(11-15)36-24(35-19)9-3-4-10-24)13-28-14-25-22-16(23(28)32)12-26-29(22)17-5-1-2-6-18(17)30(33)34/h1-2,5-8,11-12,14H,3-4,9-10,13H2,(H,27,31). The summed E-state index contributed by atoms with van der Waals surface area (Å²) in [7, 11) is 0. The minimum atomic E-state index is -0.593. The van der Waals surface area contributed by atoms with Crippen molar-refractivity contribution in [1.82, 2.24) is 19.3 Å². The summed E-state index contributed by atoms with van der Waals surface area (Å²) < 4.78 is 14.4. The molecule has 36 heavy (non-hydrogen) atoms. The van der Waals surface area contributed by atoms with Crippen LogP contribution in [0.4, 0.5) is 11.4 Å². The van der Waals surface area contributed by atoms with E-state index in [-0.39, 0.29) is 29.0 Å². The number of carbonyl (C=O) groups excluding carboxylic acids is 1. The fraction of sp³-hybridized carbons (Fsp3) is 0.250. The van der Waals surface area contributed by atoms with Crippen LogP contribution in [0, 0.1) is 10.1 Å². The quantitative estimate of drug-likeness (QED) is 0.333. The lowest BCUT2D eigenvalue weighted by molar-refractivity contribution is -0.384. The second-order valence-corrected chi connectivity index (χ2v) is 8.75. The molecule has 2 aliphatic rings. The van der Waals surface area contributed by atoms with Gasteiger partial charge in [-0.3, -0.25) is 24.3 Å². The van der Waals surface area contributed by atoms with E-state index >= 15 is 0 Å². The van der Waals surface area contributed by atoms with Crippen LogP contribution in [0.1, 0.15) is 25.7 Å². The van der Waals surface area contributed by atoms with Crippen LogP contribution in [0.2, 0.25) is 0 Å². The molecule has 182 valence electrons. The van der Waals surface area contributed by atoms with Gasteiger partial charge in [-0.25, -0.2) is 9.67 Å². The van der Waals surface area contributed by atoms with Gasteiger partial charge in [-0.2, -0.15) is 5.10 Å². The number of para-hydroxylation sites is 2. The lowest BCUT2D eigenvalue weighted by Crippen LogP contribution is -2.34. The molecule has 3 heterocycles. The molecule has 2 aromatic heterocycles. The van der Waals surface area contributed by atoms with E-state index in [1.807, 2.05) is 0 Å². The van der Waals surface area contributed by atoms with Crippen molar-refractivity contribution in [2.45, 2.75) is 38.0 Å². The van der Waals surface area contributed by atoms with E-state index in [1.54, 1.807) is 30.3 Å². The Kier molecular flexibility index (Phi) is 4.95. The highest BCUT2D eigenvalue weighted by atomic mass is 16.7. The predicted molar refractivity (Wildman–Crippen MR) is 127 cm³/mol. The second kappa shape index (κ2) is 8.18. The number of nitro benzene ring substituents is 1. The molecule has 2 aromatic carbocycles. The molecule has 0 saturated heterocycles. The number of fused-ring (bicyclic) bond motifs is 2. The fourth-order valence-electron chi connectivity index (χ4n) is 4.68. The smallest absolute Gasteiger partial charge is 0.294 e. The summed E-state index contributed by atoms with van der Waals surface area (Å²) in [5.74, 6) is 0.205. The Morgan fingerprint density at radius 2 is 1.92 bits per heavy atom. The number of hydrogen-bond donors (Lipinski definition) is 1. The molecule has 0 unspecified atom stereocenters. The third-order valence-electron chi connectivity index (χ3n) is 6.36. The Labute approximate surface area is 203 Å². The van der Waals surface area contributed by atoms with E-state index in [0.29, 0.717) is 17.2 Å². The van der Waals surface area contributed by atoms with E-state index in [1.165, 1.54) is 29.3 Å². The van der Waals surface area contributed by atoms with Crippen LogP contribution in [0.25, 0.3) is 16.7 Å². The second-order valence-electron chi connectivity index (χ2n) is 8.75. The SMILES string of the molecule is O=C(Cn1cnc2c(cnn2-c2ccccc2[N+](=O)[O-])c1=O)Nc1ccc2c(c1)OC1(CCCC1)O2. The number of hydrogen-bond acceptors (Lipinski definition) is 8. The normalized spacial score (nSPS) is 15.4. The molecule has 1 aliphatic heterocycles. The number of carbonyl (C=O) groups is 1. The molecule has 1 N–H and O–H groups in total. The summed E-state index contributed by atoms with van der Waals surface area (Å²) in [5, 5.41) is 18.4. The molecular weight excluding hydrogens is 468 g/mol. The van der Waals surface area contributed by atoms with Crippen molar-refractivity contribution in [2.24, 2.45) is 0 Å². The minimum Gasteiger partial charge on any atom is -0.448 e. The molecule has 1 fully saturated rings. The summed E-state index contributed by atoms with van der Waals surface area (Å²) in [6.45, 7) is -0.281. The number of anilines is 1. The van der Waals surface area contributed by atoms with Gasteiger partial charge < -0.3 is 14.8 Å². The summed E-state index contributed by atoms with van der Waals surface area (Å²) >= 11 is 0. The zero-order chi connectivity index (χ0) is 24.9. The molecular formula is C24H20N6O6. The topological polar surface area (TPSA) is 143 Å². The van der Waals surface area contributed by atoms with Crippen LogP contribution in [0.15, 0.2) is 59.8 Å². The first-order chi connectivity index (χ1) is 17.4. The molecule has 0 radical (unpaired) electrons. The highest BCUT2D eigenvalue weighted by molar-refractivity contribution is 5.91. The fourth-order valence-corrected chi connectivity index (χ4v) is 4.68. The monoisotopic (exact) mass is 488 g/mol. The zero-order valence-corrected chi connectivity index (χ0v) is 18.9. The number of rotatable bonds is 5. The van der Waals surface area contributed by atoms with E-state index < -0.39 is 22.2 Å². The first-order valence-electron chi connectivity index (χ1n) is 11.4. The number of nitrogens with zero attached hydrogens (tertiary/aromatic N) is 5. The Bertz CT molecular complexity index is 1590. The Balaban J connectivity index is 1.22. The van der Waals surface area contributed by atoms with Crippen LogP contribution < -0.4 is 20.3 Å². The number of amides is 1. The van der Waals surface area contributed by atoms with Crippen molar-refractivity contribution in [3.8, 4) is 17.2 Å². The van der Waals surface area contributed by atoms with Crippen LogP contribution in [-0.4, -0.2) is 35.9 Å². The van der Waals surface area contributed by atoms with Gasteiger partial charge in [0.15, 0.2) is 17.1 Å². The molecule has 12 heteroatoms. The lowest BCUT2D eigenvalue weighted by atomic mass is 10.2. The van der Waals surface area contributed by atoms with E-state index in [2.05, 4.69) is 15.4 Å². The maximum Gasteiger partial charge on any atom is 0.294 e. The molecule has 12 nitrogen and oxygen atoms in total. The molecule has 1 amide bonds. The first kappa shape index (κ1) is 21.8. The third kappa shape index (κ3) is 3.63. The van der Waals surface area contributed by atoms with Crippen molar-refractivity contribution in [3.05, 3.63) is 75.5 Å². The summed E-state index contributed by atoms with van der Waals surface area (Å²) in [5.41, 5.74) is 0.192. The van der Waals surface area contributed by atoms with Crippen LogP contribution >= 0.6 is 0 Å². The first-order valence-corrected chi connectivity index (χ1v) is 11.4. The zero-order valence-electron chi connectivity index (χ0n) is 18.9.